The molecule has 0 saturated heterocycles. The van der Waals surface area contributed by atoms with Gasteiger partial charge in [-0.3, -0.25) is 0 Å². The van der Waals surface area contributed by atoms with Crippen molar-refractivity contribution >= 4 is 23.0 Å². The molecule has 0 radical (unpaired) electrons. The minimum Gasteiger partial charge on any atom is -0.360 e. The van der Waals surface area contributed by atoms with E-state index in [1.807, 2.05) is 0 Å². The van der Waals surface area contributed by atoms with Gasteiger partial charge in [0.2, 0.25) is 0 Å². The zero-order chi connectivity index (χ0) is 16.5. The molecule has 0 spiro atoms. The lowest BCUT2D eigenvalue weighted by Gasteiger charge is -2.18. The van der Waals surface area contributed by atoms with Crippen LogP contribution in [0.4, 0.5) is 5.69 Å². The molecular formula is C19H32N2S. The SMILES string of the molecule is CCC(C)c1ccc(NC(=S)NC(C)CCCC(C)C)cc1. The van der Waals surface area contributed by atoms with Gasteiger partial charge in [-0.15, -0.1) is 0 Å². The van der Waals surface area contributed by atoms with Gasteiger partial charge in [0.25, 0.3) is 0 Å². The predicted octanol–water partition coefficient (Wildman–Crippen LogP) is 5.70. The molecule has 0 saturated carbocycles. The number of hydrogen-bond acceptors (Lipinski definition) is 1. The van der Waals surface area contributed by atoms with Gasteiger partial charge in [-0.25, -0.2) is 0 Å². The summed E-state index contributed by atoms with van der Waals surface area (Å²) in [5.41, 5.74) is 2.44. The summed E-state index contributed by atoms with van der Waals surface area (Å²) in [6.07, 6.45) is 4.86. The van der Waals surface area contributed by atoms with Gasteiger partial charge in [-0.2, -0.15) is 0 Å². The fraction of sp³-hybridized carbons (Fsp3) is 0.632. The van der Waals surface area contributed by atoms with Crippen LogP contribution in [0.5, 0.6) is 0 Å². The highest BCUT2D eigenvalue weighted by atomic mass is 32.1. The average molecular weight is 321 g/mol. The molecule has 1 rings (SSSR count). The molecule has 0 bridgehead atoms. The van der Waals surface area contributed by atoms with E-state index < -0.39 is 0 Å². The highest BCUT2D eigenvalue weighted by Gasteiger charge is 2.06. The highest BCUT2D eigenvalue weighted by molar-refractivity contribution is 7.80. The van der Waals surface area contributed by atoms with E-state index in [9.17, 15) is 0 Å². The van der Waals surface area contributed by atoms with E-state index in [1.165, 1.54) is 24.8 Å². The summed E-state index contributed by atoms with van der Waals surface area (Å²) in [7, 11) is 0. The molecule has 1 aromatic carbocycles. The van der Waals surface area contributed by atoms with Gasteiger partial charge >= 0.3 is 0 Å². The van der Waals surface area contributed by atoms with Gasteiger partial charge in [0.15, 0.2) is 5.11 Å². The van der Waals surface area contributed by atoms with E-state index in [1.54, 1.807) is 0 Å². The number of nitrogens with one attached hydrogen (secondary N) is 2. The molecule has 3 heteroatoms. The predicted molar refractivity (Wildman–Crippen MR) is 103 cm³/mol. The highest BCUT2D eigenvalue weighted by Crippen LogP contribution is 2.20. The Kier molecular flexibility index (Phi) is 8.47. The zero-order valence-corrected chi connectivity index (χ0v) is 15.6. The van der Waals surface area contributed by atoms with Crippen LogP contribution in [0, 0.1) is 5.92 Å². The normalized spacial score (nSPS) is 13.7. The summed E-state index contributed by atoms with van der Waals surface area (Å²) in [4.78, 5) is 0. The van der Waals surface area contributed by atoms with Crippen molar-refractivity contribution in [3.63, 3.8) is 0 Å². The first kappa shape index (κ1) is 19.0. The first-order valence-electron chi connectivity index (χ1n) is 8.59. The Bertz CT molecular complexity index is 439. The molecule has 1 aromatic rings. The van der Waals surface area contributed by atoms with Crippen molar-refractivity contribution in [3.05, 3.63) is 29.8 Å². The Hall–Kier alpha value is -1.09. The van der Waals surface area contributed by atoms with Crippen molar-refractivity contribution in [1.82, 2.24) is 5.32 Å². The van der Waals surface area contributed by atoms with E-state index in [4.69, 9.17) is 12.2 Å². The molecule has 0 fully saturated rings. The van der Waals surface area contributed by atoms with Crippen molar-refractivity contribution in [2.24, 2.45) is 5.92 Å². The average Bonchev–Trinajstić information content (AvgIpc) is 2.46. The Morgan fingerprint density at radius 2 is 1.68 bits per heavy atom. The van der Waals surface area contributed by atoms with Gasteiger partial charge in [-0.1, -0.05) is 52.7 Å². The van der Waals surface area contributed by atoms with Crippen LogP contribution >= 0.6 is 12.2 Å². The largest absolute Gasteiger partial charge is 0.360 e. The number of benzene rings is 1. The Morgan fingerprint density at radius 3 is 2.23 bits per heavy atom. The minimum atomic E-state index is 0.415. The zero-order valence-electron chi connectivity index (χ0n) is 14.8. The van der Waals surface area contributed by atoms with Crippen molar-refractivity contribution in [1.29, 1.82) is 0 Å². The molecule has 2 nitrogen and oxygen atoms in total. The number of rotatable bonds is 8. The summed E-state index contributed by atoms with van der Waals surface area (Å²) in [5.74, 6) is 1.39. The van der Waals surface area contributed by atoms with Crippen molar-refractivity contribution in [2.75, 3.05) is 5.32 Å². The van der Waals surface area contributed by atoms with Crippen LogP contribution in [0.25, 0.3) is 0 Å². The number of anilines is 1. The molecular weight excluding hydrogens is 288 g/mol. The summed E-state index contributed by atoms with van der Waals surface area (Å²) < 4.78 is 0. The molecule has 0 aliphatic heterocycles. The monoisotopic (exact) mass is 320 g/mol. The minimum absolute atomic E-state index is 0.415. The van der Waals surface area contributed by atoms with Gasteiger partial charge in [-0.05, 0) is 61.5 Å². The van der Waals surface area contributed by atoms with E-state index in [2.05, 4.69) is 69.5 Å². The maximum atomic E-state index is 5.40. The lowest BCUT2D eigenvalue weighted by molar-refractivity contribution is 0.495. The first-order chi connectivity index (χ1) is 10.4. The molecule has 0 aromatic heterocycles. The topological polar surface area (TPSA) is 24.1 Å². The van der Waals surface area contributed by atoms with E-state index in [0.717, 1.165) is 18.0 Å². The molecule has 2 N–H and O–H groups in total. The maximum absolute atomic E-state index is 5.40. The fourth-order valence-electron chi connectivity index (χ4n) is 2.43. The third-order valence-electron chi connectivity index (χ3n) is 4.15. The van der Waals surface area contributed by atoms with Gasteiger partial charge < -0.3 is 10.6 Å². The van der Waals surface area contributed by atoms with Gasteiger partial charge in [0, 0.05) is 11.7 Å². The molecule has 0 aliphatic rings. The van der Waals surface area contributed by atoms with Crippen LogP contribution in [-0.4, -0.2) is 11.2 Å². The molecule has 2 unspecified atom stereocenters. The van der Waals surface area contributed by atoms with Crippen LogP contribution in [0.1, 0.15) is 71.8 Å². The third kappa shape index (κ3) is 7.26. The second-order valence-corrected chi connectivity index (χ2v) is 7.16. The summed E-state index contributed by atoms with van der Waals surface area (Å²) in [6, 6.07) is 9.01. The second kappa shape index (κ2) is 9.83. The summed E-state index contributed by atoms with van der Waals surface area (Å²) in [6.45, 7) is 11.2. The smallest absolute Gasteiger partial charge is 0.170 e. The molecule has 0 amide bonds. The molecule has 0 heterocycles. The Labute approximate surface area is 142 Å². The fourth-order valence-corrected chi connectivity index (χ4v) is 2.75. The summed E-state index contributed by atoms with van der Waals surface area (Å²) in [5, 5.41) is 7.36. The van der Waals surface area contributed by atoms with Crippen LogP contribution in [0.2, 0.25) is 0 Å². The molecule has 124 valence electrons. The standard InChI is InChI=1S/C19H32N2S/c1-6-15(4)17-10-12-18(13-11-17)21-19(22)20-16(5)9-7-8-14(2)3/h10-16H,6-9H2,1-5H3,(H2,20,21,22). The lowest BCUT2D eigenvalue weighted by atomic mass is 9.99. The first-order valence-corrected chi connectivity index (χ1v) is 9.00. The number of thiocarbonyl (C=S) groups is 1. The van der Waals surface area contributed by atoms with E-state index >= 15 is 0 Å². The van der Waals surface area contributed by atoms with Crippen LogP contribution in [0.15, 0.2) is 24.3 Å². The second-order valence-electron chi connectivity index (χ2n) is 6.76. The van der Waals surface area contributed by atoms with Gasteiger partial charge in [0.1, 0.15) is 0 Å². The Balaban J connectivity index is 2.38. The van der Waals surface area contributed by atoms with E-state index in [-0.39, 0.29) is 0 Å². The summed E-state index contributed by atoms with van der Waals surface area (Å²) >= 11 is 5.40. The molecule has 0 aliphatic carbocycles. The van der Waals surface area contributed by atoms with Crippen LogP contribution in [-0.2, 0) is 0 Å². The van der Waals surface area contributed by atoms with Crippen molar-refractivity contribution in [3.8, 4) is 0 Å². The molecule has 22 heavy (non-hydrogen) atoms. The Morgan fingerprint density at radius 1 is 1.05 bits per heavy atom. The maximum Gasteiger partial charge on any atom is 0.170 e. The van der Waals surface area contributed by atoms with Crippen LogP contribution in [0.3, 0.4) is 0 Å². The van der Waals surface area contributed by atoms with Gasteiger partial charge in [0.05, 0.1) is 0 Å². The number of hydrogen-bond donors (Lipinski definition) is 2. The quantitative estimate of drug-likeness (QED) is 0.601. The van der Waals surface area contributed by atoms with Crippen LogP contribution < -0.4 is 10.6 Å². The third-order valence-corrected chi connectivity index (χ3v) is 4.37. The molecule has 2 atom stereocenters. The van der Waals surface area contributed by atoms with Crippen molar-refractivity contribution in [2.45, 2.75) is 72.3 Å². The van der Waals surface area contributed by atoms with Crippen molar-refractivity contribution < 1.29 is 0 Å². The lowest BCUT2D eigenvalue weighted by Crippen LogP contribution is -2.35. The van der Waals surface area contributed by atoms with E-state index in [0.29, 0.717) is 17.1 Å².